The predicted molar refractivity (Wildman–Crippen MR) is 122 cm³/mol. The first-order chi connectivity index (χ1) is 14.6. The molecule has 0 fully saturated rings. The van der Waals surface area contributed by atoms with E-state index < -0.39 is 5.82 Å². The topological polar surface area (TPSA) is 33.0 Å². The number of rotatable bonds is 5. The lowest BCUT2D eigenvalue weighted by atomic mass is 10.0. The quantitative estimate of drug-likeness (QED) is 0.231. The van der Waals surface area contributed by atoms with Crippen LogP contribution in [0.4, 0.5) is 4.39 Å². The van der Waals surface area contributed by atoms with Gasteiger partial charge in [0.15, 0.2) is 0 Å². The molecule has 0 aromatic heterocycles. The van der Waals surface area contributed by atoms with Crippen molar-refractivity contribution in [3.63, 3.8) is 0 Å². The Bertz CT molecular complexity index is 1290. The molecular formula is C26H17BrFNO. The smallest absolute Gasteiger partial charge is 0.131 e. The molecular weight excluding hydrogens is 441 g/mol. The van der Waals surface area contributed by atoms with Gasteiger partial charge in [0.1, 0.15) is 18.2 Å². The van der Waals surface area contributed by atoms with Gasteiger partial charge in [-0.25, -0.2) is 4.39 Å². The summed E-state index contributed by atoms with van der Waals surface area (Å²) in [5.74, 6) is 0.189. The van der Waals surface area contributed by atoms with Crippen molar-refractivity contribution in [1.82, 2.24) is 0 Å². The highest BCUT2D eigenvalue weighted by Crippen LogP contribution is 2.29. The maximum absolute atomic E-state index is 14.2. The fourth-order valence-corrected chi connectivity index (χ4v) is 3.64. The van der Waals surface area contributed by atoms with Gasteiger partial charge in [0.05, 0.1) is 11.6 Å². The van der Waals surface area contributed by atoms with Crippen LogP contribution in [0.1, 0.15) is 16.7 Å². The number of nitriles is 1. The molecule has 0 heterocycles. The number of fused-ring (bicyclic) bond motifs is 1. The Morgan fingerprint density at radius 2 is 1.70 bits per heavy atom. The van der Waals surface area contributed by atoms with Crippen LogP contribution in [0, 0.1) is 17.1 Å². The van der Waals surface area contributed by atoms with Crippen molar-refractivity contribution in [2.75, 3.05) is 0 Å². The van der Waals surface area contributed by atoms with E-state index in [0.717, 1.165) is 15.4 Å². The Morgan fingerprint density at radius 3 is 2.50 bits per heavy atom. The van der Waals surface area contributed by atoms with E-state index in [0.29, 0.717) is 17.9 Å². The minimum atomic E-state index is -0.432. The second kappa shape index (κ2) is 8.94. The van der Waals surface area contributed by atoms with E-state index in [2.05, 4.69) is 46.3 Å². The van der Waals surface area contributed by atoms with Crippen molar-refractivity contribution in [3.8, 4) is 11.8 Å². The van der Waals surface area contributed by atoms with Crippen LogP contribution in [0.5, 0.6) is 5.75 Å². The van der Waals surface area contributed by atoms with Gasteiger partial charge in [0.25, 0.3) is 0 Å². The van der Waals surface area contributed by atoms with Crippen LogP contribution in [0.3, 0.4) is 0 Å². The average molecular weight is 458 g/mol. The highest BCUT2D eigenvalue weighted by Gasteiger charge is 2.10. The molecule has 30 heavy (non-hydrogen) atoms. The first-order valence-corrected chi connectivity index (χ1v) is 10.2. The molecule has 4 rings (SSSR count). The van der Waals surface area contributed by atoms with Crippen molar-refractivity contribution in [1.29, 1.82) is 5.26 Å². The van der Waals surface area contributed by atoms with E-state index in [4.69, 9.17) is 4.74 Å². The van der Waals surface area contributed by atoms with Gasteiger partial charge in [-0.15, -0.1) is 0 Å². The molecule has 4 heteroatoms. The van der Waals surface area contributed by atoms with E-state index in [-0.39, 0.29) is 11.1 Å². The summed E-state index contributed by atoms with van der Waals surface area (Å²) < 4.78 is 21.1. The van der Waals surface area contributed by atoms with Gasteiger partial charge in [-0.2, -0.15) is 5.26 Å². The molecule has 2 nitrogen and oxygen atoms in total. The second-order valence-corrected chi connectivity index (χ2v) is 7.72. The van der Waals surface area contributed by atoms with Crippen LogP contribution in [-0.2, 0) is 6.61 Å². The molecule has 0 N–H and O–H groups in total. The standard InChI is InChI=1S/C26H17BrFNO/c27-23-11-12-26(30-17-18-9-10-19-5-1-2-6-20(19)13-18)21(15-23)14-22(16-29)24-7-3-4-8-25(24)28/h1-15H,17H2. The van der Waals surface area contributed by atoms with Crippen LogP contribution in [0.2, 0.25) is 0 Å². The molecule has 0 saturated heterocycles. The summed E-state index contributed by atoms with van der Waals surface area (Å²) in [5, 5.41) is 11.9. The maximum Gasteiger partial charge on any atom is 0.131 e. The number of ether oxygens (including phenoxy) is 1. The molecule has 0 unspecified atom stereocenters. The van der Waals surface area contributed by atoms with Crippen molar-refractivity contribution >= 4 is 38.4 Å². The van der Waals surface area contributed by atoms with Gasteiger partial charge in [-0.1, -0.05) is 70.5 Å². The lowest BCUT2D eigenvalue weighted by Crippen LogP contribution is -1.97. The molecule has 0 bridgehead atoms. The Hall–Kier alpha value is -3.42. The minimum Gasteiger partial charge on any atom is -0.488 e. The first-order valence-electron chi connectivity index (χ1n) is 9.41. The largest absolute Gasteiger partial charge is 0.488 e. The summed E-state index contributed by atoms with van der Waals surface area (Å²) in [6.07, 6.45) is 1.65. The summed E-state index contributed by atoms with van der Waals surface area (Å²) in [6.45, 7) is 0.384. The third-order valence-electron chi connectivity index (χ3n) is 4.76. The highest BCUT2D eigenvalue weighted by molar-refractivity contribution is 9.10. The van der Waals surface area contributed by atoms with Crippen LogP contribution < -0.4 is 4.74 Å². The molecule has 0 atom stereocenters. The van der Waals surface area contributed by atoms with Gasteiger partial charge in [0.2, 0.25) is 0 Å². The SMILES string of the molecule is N#CC(=Cc1cc(Br)ccc1OCc1ccc2ccccc2c1)c1ccccc1F. The molecule has 0 saturated carbocycles. The van der Waals surface area contributed by atoms with Gasteiger partial charge >= 0.3 is 0 Å². The van der Waals surface area contributed by atoms with Crippen LogP contribution in [0.15, 0.2) is 89.4 Å². The molecule has 4 aromatic carbocycles. The minimum absolute atomic E-state index is 0.238. The number of hydrogen-bond donors (Lipinski definition) is 0. The van der Waals surface area contributed by atoms with E-state index in [1.165, 1.54) is 11.5 Å². The number of allylic oxidation sites excluding steroid dienone is 1. The lowest BCUT2D eigenvalue weighted by molar-refractivity contribution is 0.305. The molecule has 0 aliphatic carbocycles. The summed E-state index contributed by atoms with van der Waals surface area (Å²) >= 11 is 3.46. The third kappa shape index (κ3) is 4.42. The van der Waals surface area contributed by atoms with Crippen molar-refractivity contribution in [2.24, 2.45) is 0 Å². The zero-order chi connectivity index (χ0) is 20.9. The normalized spacial score (nSPS) is 11.3. The molecule has 0 aliphatic heterocycles. The Kier molecular flexibility index (Phi) is 5.92. The van der Waals surface area contributed by atoms with Crippen LogP contribution in [0.25, 0.3) is 22.4 Å². The fraction of sp³-hybridized carbons (Fsp3) is 0.0385. The van der Waals surface area contributed by atoms with Crippen LogP contribution in [-0.4, -0.2) is 0 Å². The summed E-state index contributed by atoms with van der Waals surface area (Å²) in [7, 11) is 0. The summed E-state index contributed by atoms with van der Waals surface area (Å²) in [6, 6.07) is 28.3. The highest BCUT2D eigenvalue weighted by atomic mass is 79.9. The fourth-order valence-electron chi connectivity index (χ4n) is 3.26. The van der Waals surface area contributed by atoms with Gasteiger partial charge in [0, 0.05) is 15.6 Å². The molecule has 0 aliphatic rings. The predicted octanol–water partition coefficient (Wildman–Crippen LogP) is 7.38. The van der Waals surface area contributed by atoms with E-state index in [9.17, 15) is 9.65 Å². The number of nitrogens with zero attached hydrogens (tertiary/aromatic N) is 1. The Labute approximate surface area is 183 Å². The molecule has 4 aromatic rings. The van der Waals surface area contributed by atoms with Gasteiger partial charge in [-0.3, -0.25) is 0 Å². The Morgan fingerprint density at radius 1 is 0.933 bits per heavy atom. The van der Waals surface area contributed by atoms with Gasteiger partial charge in [-0.05, 0) is 52.7 Å². The third-order valence-corrected chi connectivity index (χ3v) is 5.26. The number of benzene rings is 4. The number of halogens is 2. The lowest BCUT2D eigenvalue weighted by Gasteiger charge is -2.11. The maximum atomic E-state index is 14.2. The van der Waals surface area contributed by atoms with E-state index in [1.807, 2.05) is 36.4 Å². The number of hydrogen-bond acceptors (Lipinski definition) is 2. The van der Waals surface area contributed by atoms with Gasteiger partial charge < -0.3 is 4.74 Å². The molecule has 146 valence electrons. The zero-order valence-corrected chi connectivity index (χ0v) is 17.6. The monoisotopic (exact) mass is 457 g/mol. The molecule has 0 amide bonds. The van der Waals surface area contributed by atoms with Crippen LogP contribution >= 0.6 is 15.9 Å². The summed E-state index contributed by atoms with van der Waals surface area (Å²) in [5.41, 5.74) is 2.24. The Balaban J connectivity index is 1.64. The summed E-state index contributed by atoms with van der Waals surface area (Å²) in [4.78, 5) is 0. The van der Waals surface area contributed by atoms with Crippen molar-refractivity contribution in [2.45, 2.75) is 6.61 Å². The van der Waals surface area contributed by atoms with E-state index in [1.54, 1.807) is 24.3 Å². The first kappa shape index (κ1) is 19.9. The molecule has 0 spiro atoms. The second-order valence-electron chi connectivity index (χ2n) is 6.80. The van der Waals surface area contributed by atoms with E-state index >= 15 is 0 Å². The zero-order valence-electron chi connectivity index (χ0n) is 16.0. The van der Waals surface area contributed by atoms with Crippen molar-refractivity contribution < 1.29 is 9.13 Å². The van der Waals surface area contributed by atoms with Crippen molar-refractivity contribution in [3.05, 3.63) is 112 Å². The average Bonchev–Trinajstić information content (AvgIpc) is 2.77. The molecule has 0 radical (unpaired) electrons.